The number of aliphatic hydroxyl groups is 1. The van der Waals surface area contributed by atoms with Crippen LogP contribution in [-0.4, -0.2) is 29.7 Å². The maximum Gasteiger partial charge on any atom is 0.237 e. The second kappa shape index (κ2) is 3.75. The van der Waals surface area contributed by atoms with E-state index in [9.17, 15) is 4.79 Å². The lowest BCUT2D eigenvalue weighted by Gasteiger charge is -2.01. The van der Waals surface area contributed by atoms with E-state index in [0.717, 1.165) is 0 Å². The van der Waals surface area contributed by atoms with Gasteiger partial charge in [0.1, 0.15) is 0 Å². The number of carbonyl (C=O) groups excluding carboxylic acids is 1. The van der Waals surface area contributed by atoms with Crippen LogP contribution in [0.15, 0.2) is 0 Å². The van der Waals surface area contributed by atoms with Crippen molar-refractivity contribution in [2.75, 3.05) is 6.61 Å². The number of halogens is 1. The standard InChI is InChI=1S/C5H10N2O2.ClH/c6-4-1-3(2-8)7-5(4)9;/h3-4,8H,1-2,6H2,(H,7,9);1H/t3-,4+;/m0./s1. The average molecular weight is 167 g/mol. The Labute approximate surface area is 65.2 Å². The number of amides is 1. The molecule has 0 unspecified atom stereocenters. The molecule has 4 nitrogen and oxygen atoms in total. The Hall–Kier alpha value is -0.320. The van der Waals surface area contributed by atoms with E-state index >= 15 is 0 Å². The first kappa shape index (κ1) is 9.68. The summed E-state index contributed by atoms with van der Waals surface area (Å²) in [6.45, 7) is -0.0144. The van der Waals surface area contributed by atoms with Gasteiger partial charge in [-0.15, -0.1) is 12.4 Å². The van der Waals surface area contributed by atoms with E-state index in [-0.39, 0.29) is 31.0 Å². The van der Waals surface area contributed by atoms with Crippen molar-refractivity contribution in [3.8, 4) is 0 Å². The van der Waals surface area contributed by atoms with Crippen molar-refractivity contribution < 1.29 is 9.90 Å². The lowest BCUT2D eigenvalue weighted by Crippen LogP contribution is -2.32. The van der Waals surface area contributed by atoms with Gasteiger partial charge in [-0.2, -0.15) is 0 Å². The maximum atomic E-state index is 10.6. The van der Waals surface area contributed by atoms with Crippen LogP contribution in [0.3, 0.4) is 0 Å². The van der Waals surface area contributed by atoms with E-state index in [4.69, 9.17) is 10.8 Å². The highest BCUT2D eigenvalue weighted by Crippen LogP contribution is 2.03. The predicted molar refractivity (Wildman–Crippen MR) is 38.9 cm³/mol. The SMILES string of the molecule is Cl.N[C@@H]1C[C@@H](CO)NC1=O. The lowest BCUT2D eigenvalue weighted by atomic mass is 10.2. The highest BCUT2D eigenvalue weighted by Gasteiger charge is 2.27. The highest BCUT2D eigenvalue weighted by molar-refractivity contribution is 5.85. The van der Waals surface area contributed by atoms with Crippen molar-refractivity contribution >= 4 is 18.3 Å². The Kier molecular flexibility index (Phi) is 3.63. The third-order valence-electron chi connectivity index (χ3n) is 1.44. The molecule has 4 N–H and O–H groups in total. The van der Waals surface area contributed by atoms with Crippen LogP contribution in [-0.2, 0) is 4.79 Å². The quantitative estimate of drug-likeness (QED) is 0.449. The Bertz CT molecular complexity index is 131. The Morgan fingerprint density at radius 2 is 2.40 bits per heavy atom. The third kappa shape index (κ3) is 1.83. The number of nitrogens with one attached hydrogen (secondary N) is 1. The van der Waals surface area contributed by atoms with E-state index in [1.165, 1.54) is 0 Å². The van der Waals surface area contributed by atoms with E-state index in [2.05, 4.69) is 5.32 Å². The van der Waals surface area contributed by atoms with E-state index in [1.54, 1.807) is 0 Å². The summed E-state index contributed by atoms with van der Waals surface area (Å²) in [6, 6.07) is -0.533. The van der Waals surface area contributed by atoms with Crippen molar-refractivity contribution in [1.29, 1.82) is 0 Å². The van der Waals surface area contributed by atoms with Crippen LogP contribution in [0, 0.1) is 0 Å². The van der Waals surface area contributed by atoms with Gasteiger partial charge in [0.15, 0.2) is 0 Å². The smallest absolute Gasteiger partial charge is 0.237 e. The molecule has 1 aliphatic heterocycles. The molecule has 1 rings (SSSR count). The number of carbonyl (C=O) groups is 1. The third-order valence-corrected chi connectivity index (χ3v) is 1.44. The molecule has 1 saturated heterocycles. The fraction of sp³-hybridized carbons (Fsp3) is 0.800. The van der Waals surface area contributed by atoms with Gasteiger partial charge in [-0.3, -0.25) is 4.79 Å². The zero-order valence-corrected chi connectivity index (χ0v) is 6.23. The van der Waals surface area contributed by atoms with Gasteiger partial charge in [0, 0.05) is 0 Å². The number of nitrogens with two attached hydrogens (primary N) is 1. The first-order valence-electron chi connectivity index (χ1n) is 2.91. The van der Waals surface area contributed by atoms with Crippen LogP contribution < -0.4 is 11.1 Å². The molecule has 0 spiro atoms. The summed E-state index contributed by atoms with van der Waals surface area (Å²) >= 11 is 0. The van der Waals surface area contributed by atoms with Gasteiger partial charge in [0.05, 0.1) is 18.7 Å². The minimum absolute atomic E-state index is 0. The normalized spacial score (nSPS) is 31.2. The van der Waals surface area contributed by atoms with Crippen molar-refractivity contribution in [1.82, 2.24) is 5.32 Å². The zero-order valence-electron chi connectivity index (χ0n) is 5.41. The van der Waals surface area contributed by atoms with Crippen LogP contribution in [0.2, 0.25) is 0 Å². The summed E-state index contributed by atoms with van der Waals surface area (Å²) in [5.74, 6) is -0.158. The van der Waals surface area contributed by atoms with Crippen LogP contribution in [0.1, 0.15) is 6.42 Å². The Morgan fingerprint density at radius 1 is 1.80 bits per heavy atom. The maximum absolute atomic E-state index is 10.6. The molecular formula is C5H11ClN2O2. The second-order valence-electron chi connectivity index (χ2n) is 2.23. The molecule has 10 heavy (non-hydrogen) atoms. The highest BCUT2D eigenvalue weighted by atomic mass is 35.5. The van der Waals surface area contributed by atoms with Gasteiger partial charge in [-0.25, -0.2) is 0 Å². The average Bonchev–Trinajstić information content (AvgIpc) is 2.13. The number of hydrogen-bond donors (Lipinski definition) is 3. The molecular weight excluding hydrogens is 156 g/mol. The van der Waals surface area contributed by atoms with Gasteiger partial charge >= 0.3 is 0 Å². The molecule has 1 aliphatic rings. The van der Waals surface area contributed by atoms with Gasteiger partial charge in [0.25, 0.3) is 0 Å². The number of aliphatic hydroxyl groups excluding tert-OH is 1. The summed E-state index contributed by atoms with van der Waals surface area (Å²) in [5, 5.41) is 11.1. The molecule has 0 aromatic heterocycles. The second-order valence-corrected chi connectivity index (χ2v) is 2.23. The number of rotatable bonds is 1. The van der Waals surface area contributed by atoms with Gasteiger partial charge in [-0.1, -0.05) is 0 Å². The fourth-order valence-electron chi connectivity index (χ4n) is 0.901. The van der Waals surface area contributed by atoms with Gasteiger partial charge in [-0.05, 0) is 6.42 Å². The molecule has 0 saturated carbocycles. The largest absolute Gasteiger partial charge is 0.394 e. The van der Waals surface area contributed by atoms with Crippen molar-refractivity contribution in [3.05, 3.63) is 0 Å². The number of hydrogen-bond acceptors (Lipinski definition) is 3. The summed E-state index contributed by atoms with van der Waals surface area (Å²) < 4.78 is 0. The molecule has 0 aromatic rings. The minimum Gasteiger partial charge on any atom is -0.394 e. The van der Waals surface area contributed by atoms with E-state index < -0.39 is 6.04 Å². The van der Waals surface area contributed by atoms with Crippen LogP contribution in [0.25, 0.3) is 0 Å². The fourth-order valence-corrected chi connectivity index (χ4v) is 0.901. The summed E-state index contributed by atoms with van der Waals surface area (Å²) in [4.78, 5) is 10.6. The van der Waals surface area contributed by atoms with Crippen LogP contribution in [0.5, 0.6) is 0 Å². The summed E-state index contributed by atoms with van der Waals surface area (Å²) in [7, 11) is 0. The van der Waals surface area contributed by atoms with E-state index in [0.29, 0.717) is 6.42 Å². The van der Waals surface area contributed by atoms with E-state index in [1.807, 2.05) is 0 Å². The first-order valence-corrected chi connectivity index (χ1v) is 2.91. The molecule has 0 aromatic carbocycles. The first-order chi connectivity index (χ1) is 4.24. The topological polar surface area (TPSA) is 75.3 Å². The monoisotopic (exact) mass is 166 g/mol. The zero-order chi connectivity index (χ0) is 6.85. The minimum atomic E-state index is -0.415. The molecule has 1 fully saturated rings. The summed E-state index contributed by atoms with van der Waals surface area (Å²) in [5.41, 5.74) is 5.32. The van der Waals surface area contributed by atoms with Crippen molar-refractivity contribution in [2.45, 2.75) is 18.5 Å². The van der Waals surface area contributed by atoms with Crippen molar-refractivity contribution in [3.63, 3.8) is 0 Å². The van der Waals surface area contributed by atoms with Crippen LogP contribution >= 0.6 is 12.4 Å². The summed E-state index contributed by atoms with van der Waals surface area (Å²) in [6.07, 6.45) is 0.551. The molecule has 2 atom stereocenters. The molecule has 5 heteroatoms. The molecule has 0 radical (unpaired) electrons. The predicted octanol–water partition coefficient (Wildman–Crippen LogP) is -1.38. The van der Waals surface area contributed by atoms with Crippen LogP contribution in [0.4, 0.5) is 0 Å². The van der Waals surface area contributed by atoms with Crippen molar-refractivity contribution in [2.24, 2.45) is 5.73 Å². The molecule has 1 heterocycles. The lowest BCUT2D eigenvalue weighted by molar-refractivity contribution is -0.120. The van der Waals surface area contributed by atoms with Gasteiger partial charge < -0.3 is 16.2 Å². The Morgan fingerprint density at radius 3 is 2.60 bits per heavy atom. The Balaban J connectivity index is 0.000000810. The molecule has 0 bridgehead atoms. The molecule has 1 amide bonds. The van der Waals surface area contributed by atoms with Gasteiger partial charge in [0.2, 0.25) is 5.91 Å². The molecule has 0 aliphatic carbocycles. The molecule has 60 valence electrons.